The SMILES string of the molecule is CC1CCCC(OC2CCCC(CO)O2)O1. The van der Waals surface area contributed by atoms with Crippen molar-refractivity contribution in [1.29, 1.82) is 0 Å². The summed E-state index contributed by atoms with van der Waals surface area (Å²) in [6.45, 7) is 2.16. The monoisotopic (exact) mass is 230 g/mol. The van der Waals surface area contributed by atoms with Crippen molar-refractivity contribution in [2.24, 2.45) is 0 Å². The van der Waals surface area contributed by atoms with Crippen molar-refractivity contribution < 1.29 is 19.3 Å². The van der Waals surface area contributed by atoms with E-state index < -0.39 is 0 Å². The van der Waals surface area contributed by atoms with Crippen LogP contribution < -0.4 is 0 Å². The summed E-state index contributed by atoms with van der Waals surface area (Å²) in [5, 5.41) is 9.04. The molecule has 0 amide bonds. The van der Waals surface area contributed by atoms with Gasteiger partial charge in [0.15, 0.2) is 12.6 Å². The van der Waals surface area contributed by atoms with Crippen LogP contribution in [0.4, 0.5) is 0 Å². The molecule has 2 aliphatic heterocycles. The lowest BCUT2D eigenvalue weighted by Gasteiger charge is -2.34. The van der Waals surface area contributed by atoms with Crippen LogP contribution in [0.15, 0.2) is 0 Å². The average Bonchev–Trinajstić information content (AvgIpc) is 2.29. The van der Waals surface area contributed by atoms with Gasteiger partial charge in [-0.05, 0) is 45.4 Å². The van der Waals surface area contributed by atoms with E-state index in [-0.39, 0.29) is 31.4 Å². The zero-order chi connectivity index (χ0) is 11.4. The molecule has 0 aromatic rings. The van der Waals surface area contributed by atoms with Crippen LogP contribution in [0, 0.1) is 0 Å². The Morgan fingerprint density at radius 1 is 1.06 bits per heavy atom. The van der Waals surface area contributed by atoms with Gasteiger partial charge in [-0.25, -0.2) is 0 Å². The maximum atomic E-state index is 9.04. The highest BCUT2D eigenvalue weighted by molar-refractivity contribution is 4.67. The van der Waals surface area contributed by atoms with E-state index in [2.05, 4.69) is 6.92 Å². The highest BCUT2D eigenvalue weighted by atomic mass is 16.8. The van der Waals surface area contributed by atoms with E-state index in [1.54, 1.807) is 0 Å². The molecule has 0 radical (unpaired) electrons. The lowest BCUT2D eigenvalue weighted by molar-refractivity contribution is -0.290. The first-order valence-electron chi connectivity index (χ1n) is 6.35. The number of ether oxygens (including phenoxy) is 3. The van der Waals surface area contributed by atoms with Gasteiger partial charge in [0.05, 0.1) is 18.8 Å². The van der Waals surface area contributed by atoms with Gasteiger partial charge in [0.2, 0.25) is 0 Å². The Hall–Kier alpha value is -0.160. The Balaban J connectivity index is 1.75. The van der Waals surface area contributed by atoms with Crippen molar-refractivity contribution >= 4 is 0 Å². The average molecular weight is 230 g/mol. The van der Waals surface area contributed by atoms with E-state index in [1.165, 1.54) is 0 Å². The van der Waals surface area contributed by atoms with Crippen LogP contribution in [0.5, 0.6) is 0 Å². The summed E-state index contributed by atoms with van der Waals surface area (Å²) in [5.74, 6) is 0. The number of hydrogen-bond acceptors (Lipinski definition) is 4. The molecule has 2 saturated heterocycles. The number of aliphatic hydroxyl groups excluding tert-OH is 1. The van der Waals surface area contributed by atoms with Gasteiger partial charge in [-0.2, -0.15) is 0 Å². The molecule has 1 N–H and O–H groups in total. The molecule has 16 heavy (non-hydrogen) atoms. The Morgan fingerprint density at radius 2 is 1.75 bits per heavy atom. The number of rotatable bonds is 3. The molecule has 2 aliphatic rings. The zero-order valence-corrected chi connectivity index (χ0v) is 9.93. The van der Waals surface area contributed by atoms with Crippen LogP contribution in [-0.4, -0.2) is 36.5 Å². The molecule has 0 aliphatic carbocycles. The van der Waals surface area contributed by atoms with Crippen molar-refractivity contribution in [2.75, 3.05) is 6.61 Å². The van der Waals surface area contributed by atoms with Crippen LogP contribution in [0.1, 0.15) is 45.4 Å². The van der Waals surface area contributed by atoms with Crippen LogP contribution in [0.25, 0.3) is 0 Å². The molecule has 2 rings (SSSR count). The molecule has 94 valence electrons. The van der Waals surface area contributed by atoms with Gasteiger partial charge >= 0.3 is 0 Å². The summed E-state index contributed by atoms with van der Waals surface area (Å²) in [6.07, 6.45) is 6.03. The van der Waals surface area contributed by atoms with Crippen molar-refractivity contribution in [3.63, 3.8) is 0 Å². The van der Waals surface area contributed by atoms with Crippen LogP contribution in [0.3, 0.4) is 0 Å². The van der Waals surface area contributed by atoms with E-state index in [0.717, 1.165) is 38.5 Å². The standard InChI is InChI=1S/C12H22O4/c1-9-4-2-6-11(14-9)16-12-7-3-5-10(8-13)15-12/h9-13H,2-8H2,1H3. The third-order valence-corrected chi connectivity index (χ3v) is 3.25. The molecule has 2 fully saturated rings. The lowest BCUT2D eigenvalue weighted by atomic mass is 10.1. The van der Waals surface area contributed by atoms with Gasteiger partial charge in [-0.1, -0.05) is 0 Å². The summed E-state index contributed by atoms with van der Waals surface area (Å²) in [4.78, 5) is 0. The smallest absolute Gasteiger partial charge is 0.161 e. The fraction of sp³-hybridized carbons (Fsp3) is 1.00. The topological polar surface area (TPSA) is 47.9 Å². The first-order chi connectivity index (χ1) is 7.78. The van der Waals surface area contributed by atoms with E-state index in [0.29, 0.717) is 0 Å². The summed E-state index contributed by atoms with van der Waals surface area (Å²) in [6, 6.07) is 0. The zero-order valence-electron chi connectivity index (χ0n) is 9.93. The maximum Gasteiger partial charge on any atom is 0.161 e. The van der Waals surface area contributed by atoms with Crippen LogP contribution >= 0.6 is 0 Å². The predicted octanol–water partition coefficient (Wildman–Crippen LogP) is 1.81. The van der Waals surface area contributed by atoms with Gasteiger partial charge in [-0.3, -0.25) is 0 Å². The molecule has 0 aromatic carbocycles. The Morgan fingerprint density at radius 3 is 2.44 bits per heavy atom. The highest BCUT2D eigenvalue weighted by Gasteiger charge is 2.27. The minimum atomic E-state index is -0.193. The molecule has 4 heteroatoms. The van der Waals surface area contributed by atoms with Crippen molar-refractivity contribution in [3.8, 4) is 0 Å². The molecule has 0 aromatic heterocycles. The summed E-state index contributed by atoms with van der Waals surface area (Å²) in [5.41, 5.74) is 0. The summed E-state index contributed by atoms with van der Waals surface area (Å²) < 4.78 is 17.1. The molecule has 0 spiro atoms. The minimum absolute atomic E-state index is 0.0558. The molecule has 4 atom stereocenters. The number of aliphatic hydroxyl groups is 1. The van der Waals surface area contributed by atoms with E-state index in [4.69, 9.17) is 19.3 Å². The largest absolute Gasteiger partial charge is 0.394 e. The van der Waals surface area contributed by atoms with Crippen molar-refractivity contribution in [1.82, 2.24) is 0 Å². The molecular weight excluding hydrogens is 208 g/mol. The molecule has 0 saturated carbocycles. The van der Waals surface area contributed by atoms with Gasteiger partial charge in [0.1, 0.15) is 0 Å². The van der Waals surface area contributed by atoms with E-state index >= 15 is 0 Å². The Bertz CT molecular complexity index is 209. The Kier molecular flexibility index (Phi) is 4.58. The predicted molar refractivity (Wildman–Crippen MR) is 58.9 cm³/mol. The fourth-order valence-corrected chi connectivity index (χ4v) is 2.33. The first-order valence-corrected chi connectivity index (χ1v) is 6.35. The van der Waals surface area contributed by atoms with Gasteiger partial charge in [-0.15, -0.1) is 0 Å². The third-order valence-electron chi connectivity index (χ3n) is 3.25. The lowest BCUT2D eigenvalue weighted by Crippen LogP contribution is -2.37. The van der Waals surface area contributed by atoms with Crippen molar-refractivity contribution in [3.05, 3.63) is 0 Å². The Labute approximate surface area is 96.9 Å². The second kappa shape index (κ2) is 5.96. The summed E-state index contributed by atoms with van der Waals surface area (Å²) >= 11 is 0. The first kappa shape index (κ1) is 12.3. The normalized spacial score (nSPS) is 40.9. The summed E-state index contributed by atoms with van der Waals surface area (Å²) in [7, 11) is 0. The van der Waals surface area contributed by atoms with Gasteiger partial charge in [0, 0.05) is 0 Å². The van der Waals surface area contributed by atoms with Crippen molar-refractivity contribution in [2.45, 2.75) is 70.2 Å². The van der Waals surface area contributed by atoms with E-state index in [1.807, 2.05) is 0 Å². The molecule has 0 bridgehead atoms. The molecular formula is C12H22O4. The van der Waals surface area contributed by atoms with Gasteiger partial charge in [0.25, 0.3) is 0 Å². The third kappa shape index (κ3) is 3.42. The van der Waals surface area contributed by atoms with E-state index in [9.17, 15) is 0 Å². The molecule has 2 heterocycles. The van der Waals surface area contributed by atoms with Gasteiger partial charge < -0.3 is 19.3 Å². The fourth-order valence-electron chi connectivity index (χ4n) is 2.33. The second-order valence-corrected chi connectivity index (χ2v) is 4.74. The number of hydrogen-bond donors (Lipinski definition) is 1. The van der Waals surface area contributed by atoms with Crippen LogP contribution in [-0.2, 0) is 14.2 Å². The second-order valence-electron chi connectivity index (χ2n) is 4.74. The maximum absolute atomic E-state index is 9.04. The quantitative estimate of drug-likeness (QED) is 0.803. The molecule has 4 nitrogen and oxygen atoms in total. The molecule has 4 unspecified atom stereocenters. The highest BCUT2D eigenvalue weighted by Crippen LogP contribution is 2.25. The minimum Gasteiger partial charge on any atom is -0.394 e. The van der Waals surface area contributed by atoms with Crippen LogP contribution in [0.2, 0.25) is 0 Å².